The van der Waals surface area contributed by atoms with Gasteiger partial charge in [0, 0.05) is 24.8 Å². The molecule has 4 atom stereocenters. The maximum atomic E-state index is 12.9. The summed E-state index contributed by atoms with van der Waals surface area (Å²) in [5, 5.41) is 12.0. The molecule has 0 saturated carbocycles. The first-order valence-corrected chi connectivity index (χ1v) is 9.76. The zero-order valence-electron chi connectivity index (χ0n) is 15.0. The van der Waals surface area contributed by atoms with E-state index in [0.29, 0.717) is 25.2 Å². The standard InChI is InChI=1S/C19H20ClF3N4O/c20-15-7-12(1-3-14(15)19(21,22)23)26-6-5-11(9-26)18(28)25-16-8-13-2-4-17(16)27(13)10-24/h1,3,7,11,13,16-17H,2,4-6,8-9H2,(H,25,28)/t11?,13-,16+,17+/m0/s1. The van der Waals surface area contributed by atoms with Crippen LogP contribution in [0.1, 0.15) is 31.2 Å². The summed E-state index contributed by atoms with van der Waals surface area (Å²) in [6.07, 6.45) is 1.09. The van der Waals surface area contributed by atoms with Crippen LogP contribution >= 0.6 is 11.6 Å². The average molecular weight is 413 g/mol. The molecule has 3 heterocycles. The van der Waals surface area contributed by atoms with Crippen LogP contribution in [0.15, 0.2) is 18.2 Å². The SMILES string of the molecule is N#CN1[C@H]2CC[C@@H]1[C@H](NC(=O)C1CCN(c3ccc(C(F)(F)F)c(Cl)c3)C1)C2. The van der Waals surface area contributed by atoms with Gasteiger partial charge in [-0.2, -0.15) is 18.4 Å². The molecule has 1 amide bonds. The highest BCUT2D eigenvalue weighted by molar-refractivity contribution is 6.31. The molecule has 1 aromatic rings. The van der Waals surface area contributed by atoms with E-state index in [-0.39, 0.29) is 35.0 Å². The van der Waals surface area contributed by atoms with E-state index in [1.807, 2.05) is 4.90 Å². The van der Waals surface area contributed by atoms with Crippen LogP contribution in [0.5, 0.6) is 0 Å². The fraction of sp³-hybridized carbons (Fsp3) is 0.579. The molecule has 9 heteroatoms. The van der Waals surface area contributed by atoms with Crippen molar-refractivity contribution >= 4 is 23.2 Å². The Morgan fingerprint density at radius 1 is 1.29 bits per heavy atom. The van der Waals surface area contributed by atoms with E-state index < -0.39 is 11.7 Å². The maximum absolute atomic E-state index is 12.9. The first-order chi connectivity index (χ1) is 13.3. The van der Waals surface area contributed by atoms with E-state index in [4.69, 9.17) is 11.6 Å². The summed E-state index contributed by atoms with van der Waals surface area (Å²) in [6, 6.07) is 4.01. The Morgan fingerprint density at radius 3 is 2.71 bits per heavy atom. The molecule has 0 radical (unpaired) electrons. The number of fused-ring (bicyclic) bond motifs is 2. The third-order valence-corrected chi connectivity index (χ3v) is 6.47. The van der Waals surface area contributed by atoms with Crippen LogP contribution in [0.2, 0.25) is 5.02 Å². The minimum atomic E-state index is -4.49. The Bertz CT molecular complexity index is 824. The van der Waals surface area contributed by atoms with E-state index >= 15 is 0 Å². The molecule has 3 saturated heterocycles. The van der Waals surface area contributed by atoms with Gasteiger partial charge in [-0.05, 0) is 43.9 Å². The number of alkyl halides is 3. The lowest BCUT2D eigenvalue weighted by atomic mass is 9.95. The highest BCUT2D eigenvalue weighted by Crippen LogP contribution is 2.38. The molecule has 5 nitrogen and oxygen atoms in total. The van der Waals surface area contributed by atoms with Crippen LogP contribution in [0, 0.1) is 17.4 Å². The highest BCUT2D eigenvalue weighted by atomic mass is 35.5. The summed E-state index contributed by atoms with van der Waals surface area (Å²) in [6.45, 7) is 1.02. The smallest absolute Gasteiger partial charge is 0.371 e. The van der Waals surface area contributed by atoms with E-state index in [0.717, 1.165) is 25.3 Å². The van der Waals surface area contributed by atoms with E-state index in [1.54, 1.807) is 4.90 Å². The van der Waals surface area contributed by atoms with Crippen LogP contribution in [-0.4, -0.2) is 42.0 Å². The number of nitriles is 1. The van der Waals surface area contributed by atoms with Crippen molar-refractivity contribution in [1.82, 2.24) is 10.2 Å². The van der Waals surface area contributed by atoms with E-state index in [9.17, 15) is 23.2 Å². The number of anilines is 1. The number of hydrogen-bond acceptors (Lipinski definition) is 4. The molecule has 0 aromatic heterocycles. The van der Waals surface area contributed by atoms with Crippen molar-refractivity contribution in [3.63, 3.8) is 0 Å². The predicted octanol–water partition coefficient (Wildman–Crippen LogP) is 3.39. The molecule has 2 bridgehead atoms. The van der Waals surface area contributed by atoms with Gasteiger partial charge in [-0.15, -0.1) is 0 Å². The second-order valence-corrected chi connectivity index (χ2v) is 8.16. The quantitative estimate of drug-likeness (QED) is 0.773. The van der Waals surface area contributed by atoms with Gasteiger partial charge in [-0.3, -0.25) is 4.79 Å². The minimum Gasteiger partial charge on any atom is -0.371 e. The van der Waals surface area contributed by atoms with Gasteiger partial charge in [0.15, 0.2) is 6.19 Å². The lowest BCUT2D eigenvalue weighted by molar-refractivity contribution is -0.137. The Hall–Kier alpha value is -2.14. The zero-order chi connectivity index (χ0) is 20.1. The van der Waals surface area contributed by atoms with Crippen molar-refractivity contribution < 1.29 is 18.0 Å². The molecular weight excluding hydrogens is 393 g/mol. The maximum Gasteiger partial charge on any atom is 0.417 e. The molecule has 3 aliphatic heterocycles. The summed E-state index contributed by atoms with van der Waals surface area (Å²) in [4.78, 5) is 16.4. The zero-order valence-corrected chi connectivity index (χ0v) is 15.8. The fourth-order valence-electron chi connectivity index (χ4n) is 4.74. The summed E-state index contributed by atoms with van der Waals surface area (Å²) in [5.41, 5.74) is -0.270. The van der Waals surface area contributed by atoms with Gasteiger partial charge in [-0.25, -0.2) is 0 Å². The Labute approximate surface area is 166 Å². The van der Waals surface area contributed by atoms with Crippen molar-refractivity contribution in [3.8, 4) is 6.19 Å². The summed E-state index contributed by atoms with van der Waals surface area (Å²) in [5.74, 6) is -0.272. The van der Waals surface area contributed by atoms with Crippen molar-refractivity contribution in [1.29, 1.82) is 5.26 Å². The fourth-order valence-corrected chi connectivity index (χ4v) is 5.02. The number of amides is 1. The topological polar surface area (TPSA) is 59.4 Å². The van der Waals surface area contributed by atoms with Gasteiger partial charge in [0.1, 0.15) is 0 Å². The molecule has 0 spiro atoms. The van der Waals surface area contributed by atoms with Crippen molar-refractivity contribution in [2.75, 3.05) is 18.0 Å². The number of carbonyl (C=O) groups excluding carboxylic acids is 1. The number of nitrogens with zero attached hydrogens (tertiary/aromatic N) is 3. The summed E-state index contributed by atoms with van der Waals surface area (Å²) >= 11 is 5.81. The Balaban J connectivity index is 1.37. The predicted molar refractivity (Wildman–Crippen MR) is 97.6 cm³/mol. The monoisotopic (exact) mass is 412 g/mol. The van der Waals surface area contributed by atoms with E-state index in [2.05, 4.69) is 11.5 Å². The van der Waals surface area contributed by atoms with Crippen LogP contribution < -0.4 is 10.2 Å². The molecular formula is C19H20ClF3N4O. The molecule has 150 valence electrons. The first kappa shape index (κ1) is 19.2. The van der Waals surface area contributed by atoms with Gasteiger partial charge < -0.3 is 15.1 Å². The van der Waals surface area contributed by atoms with Crippen LogP contribution in [0.4, 0.5) is 18.9 Å². The summed E-state index contributed by atoms with van der Waals surface area (Å²) in [7, 11) is 0. The molecule has 3 fully saturated rings. The summed E-state index contributed by atoms with van der Waals surface area (Å²) < 4.78 is 38.6. The van der Waals surface area contributed by atoms with Gasteiger partial charge in [0.05, 0.1) is 28.6 Å². The average Bonchev–Trinajstić information content (AvgIpc) is 3.34. The number of carbonyl (C=O) groups is 1. The van der Waals surface area contributed by atoms with Gasteiger partial charge in [0.2, 0.25) is 5.91 Å². The minimum absolute atomic E-state index is 0.000429. The molecule has 1 N–H and O–H groups in total. The van der Waals surface area contributed by atoms with Crippen LogP contribution in [0.25, 0.3) is 0 Å². The number of hydrogen-bond donors (Lipinski definition) is 1. The van der Waals surface area contributed by atoms with Crippen molar-refractivity contribution in [2.45, 2.75) is 50.0 Å². The highest BCUT2D eigenvalue weighted by Gasteiger charge is 2.47. The Kier molecular flexibility index (Phi) is 4.82. The molecule has 1 aromatic carbocycles. The van der Waals surface area contributed by atoms with Gasteiger partial charge in [0.25, 0.3) is 0 Å². The molecule has 0 aliphatic carbocycles. The van der Waals surface area contributed by atoms with Gasteiger partial charge in [-0.1, -0.05) is 11.6 Å². The number of halogens is 4. The van der Waals surface area contributed by atoms with Gasteiger partial charge >= 0.3 is 6.18 Å². The van der Waals surface area contributed by atoms with Crippen LogP contribution in [0.3, 0.4) is 0 Å². The molecule has 3 aliphatic rings. The largest absolute Gasteiger partial charge is 0.417 e. The molecule has 4 rings (SSSR count). The second-order valence-electron chi connectivity index (χ2n) is 7.75. The molecule has 1 unspecified atom stereocenters. The van der Waals surface area contributed by atoms with Crippen LogP contribution in [-0.2, 0) is 11.0 Å². The Morgan fingerprint density at radius 2 is 2.07 bits per heavy atom. The van der Waals surface area contributed by atoms with Crippen molar-refractivity contribution in [2.24, 2.45) is 5.92 Å². The molecule has 28 heavy (non-hydrogen) atoms. The first-order valence-electron chi connectivity index (χ1n) is 9.38. The number of rotatable bonds is 3. The number of benzene rings is 1. The van der Waals surface area contributed by atoms with E-state index in [1.165, 1.54) is 12.1 Å². The third kappa shape index (κ3) is 3.37. The second kappa shape index (κ2) is 7.03. The lowest BCUT2D eigenvalue weighted by Gasteiger charge is -2.24. The normalized spacial score (nSPS) is 29.2. The number of nitrogens with one attached hydrogen (secondary N) is 1. The third-order valence-electron chi connectivity index (χ3n) is 6.16. The lowest BCUT2D eigenvalue weighted by Crippen LogP contribution is -2.46. The van der Waals surface area contributed by atoms with Crippen molar-refractivity contribution in [3.05, 3.63) is 28.8 Å².